The van der Waals surface area contributed by atoms with Gasteiger partial charge in [-0.3, -0.25) is 13.9 Å². The van der Waals surface area contributed by atoms with Crippen molar-refractivity contribution in [3.05, 3.63) is 68.4 Å². The van der Waals surface area contributed by atoms with Gasteiger partial charge in [0.05, 0.1) is 13.0 Å². The third-order valence-corrected chi connectivity index (χ3v) is 6.37. The maximum Gasteiger partial charge on any atom is 0.390 e. The van der Waals surface area contributed by atoms with E-state index >= 15 is 0 Å². The Kier molecular flexibility index (Phi) is 6.43. The van der Waals surface area contributed by atoms with Gasteiger partial charge in [-0.2, -0.15) is 18.2 Å². The zero-order valence-electron chi connectivity index (χ0n) is 18.7. The Bertz CT molecular complexity index is 1410. The smallest absolute Gasteiger partial charge is 0.389 e. The summed E-state index contributed by atoms with van der Waals surface area (Å²) in [6.07, 6.45) is -2.98. The first kappa shape index (κ1) is 24.8. The van der Waals surface area contributed by atoms with Crippen molar-refractivity contribution >= 4 is 29.5 Å². The van der Waals surface area contributed by atoms with Crippen LogP contribution in [-0.2, 0) is 20.1 Å². The number of benzene rings is 1. The van der Waals surface area contributed by atoms with Crippen molar-refractivity contribution < 1.29 is 17.6 Å². The Balaban J connectivity index is 0.00000289. The van der Waals surface area contributed by atoms with Crippen molar-refractivity contribution in [3.63, 3.8) is 0 Å². The molecule has 2 aliphatic rings. The summed E-state index contributed by atoms with van der Waals surface area (Å²) in [5.41, 5.74) is -0.0326. The van der Waals surface area contributed by atoms with Gasteiger partial charge in [-0.05, 0) is 24.1 Å². The van der Waals surface area contributed by atoms with Crippen LogP contribution in [0.25, 0.3) is 11.2 Å². The summed E-state index contributed by atoms with van der Waals surface area (Å²) in [6, 6.07) is 5.31. The van der Waals surface area contributed by atoms with Crippen LogP contribution in [0.3, 0.4) is 0 Å². The molecule has 1 atom stereocenters. The molecule has 8 nitrogen and oxygen atoms in total. The second-order valence-corrected chi connectivity index (χ2v) is 8.57. The highest BCUT2D eigenvalue weighted by Crippen LogP contribution is 2.35. The second kappa shape index (κ2) is 9.06. The largest absolute Gasteiger partial charge is 0.390 e. The van der Waals surface area contributed by atoms with E-state index in [2.05, 4.69) is 10.3 Å². The number of nitrogens with zero attached hydrogens (tertiary/aromatic N) is 5. The van der Waals surface area contributed by atoms with Gasteiger partial charge in [-0.25, -0.2) is 9.18 Å². The molecule has 188 valence electrons. The standard InChI is InChI=1S/C22H22F4N6O2.ClH/c1-29-18-17(19(33)32(21(29)34)12-13-2-4-15(23)5-3-13)31(9-7-22(24,25)26)20(28-18)30-8-6-14-10-27-11-16(14)30;/h2-5,11,14,27H,6-10,12H2,1H3;1H. The second-order valence-electron chi connectivity index (χ2n) is 8.57. The van der Waals surface area contributed by atoms with E-state index in [9.17, 15) is 27.2 Å². The zero-order valence-corrected chi connectivity index (χ0v) is 19.5. The minimum atomic E-state index is -4.44. The van der Waals surface area contributed by atoms with Gasteiger partial charge in [-0.1, -0.05) is 12.1 Å². The number of nitrogens with one attached hydrogen (secondary N) is 1. The first-order chi connectivity index (χ1) is 16.1. The molecule has 0 bridgehead atoms. The summed E-state index contributed by atoms with van der Waals surface area (Å²) in [6.45, 7) is 0.617. The zero-order chi connectivity index (χ0) is 24.2. The number of halogens is 5. The molecule has 35 heavy (non-hydrogen) atoms. The molecule has 0 aliphatic carbocycles. The molecule has 0 spiro atoms. The SMILES string of the molecule is Cl.Cn1c(=O)n(Cc2ccc(F)cc2)c(=O)c2c1nc(N1CCC3CNC=C31)n2CCC(F)(F)F. The fraction of sp³-hybridized carbons (Fsp3) is 0.409. The van der Waals surface area contributed by atoms with Crippen molar-refractivity contribution in [2.45, 2.75) is 32.1 Å². The molecule has 5 rings (SSSR count). The number of aryl methyl sites for hydroxylation is 2. The highest BCUT2D eigenvalue weighted by molar-refractivity contribution is 5.85. The Hall–Kier alpha value is -3.28. The van der Waals surface area contributed by atoms with Crippen LogP contribution in [0.5, 0.6) is 0 Å². The average Bonchev–Trinajstić information content (AvgIpc) is 3.49. The van der Waals surface area contributed by atoms with Crippen LogP contribution in [-0.4, -0.2) is 38.0 Å². The normalized spacial score (nSPS) is 17.3. The Labute approximate surface area is 202 Å². The van der Waals surface area contributed by atoms with E-state index in [-0.39, 0.29) is 42.0 Å². The molecule has 4 heterocycles. The summed E-state index contributed by atoms with van der Waals surface area (Å²) in [4.78, 5) is 32.8. The quantitative estimate of drug-likeness (QED) is 0.530. The first-order valence-corrected chi connectivity index (χ1v) is 10.9. The van der Waals surface area contributed by atoms with Gasteiger partial charge in [0.2, 0.25) is 5.95 Å². The molecule has 0 amide bonds. The highest BCUT2D eigenvalue weighted by Gasteiger charge is 2.36. The highest BCUT2D eigenvalue weighted by atomic mass is 35.5. The van der Waals surface area contributed by atoms with Crippen molar-refractivity contribution in [3.8, 4) is 0 Å². The number of alkyl halides is 3. The van der Waals surface area contributed by atoms with E-state index in [1.165, 1.54) is 40.4 Å². The van der Waals surface area contributed by atoms with E-state index in [0.717, 1.165) is 23.2 Å². The minimum absolute atomic E-state index is 0. The number of aromatic nitrogens is 4. The molecular weight excluding hydrogens is 492 g/mol. The van der Waals surface area contributed by atoms with Crippen molar-refractivity contribution in [2.24, 2.45) is 13.0 Å². The van der Waals surface area contributed by atoms with E-state index in [1.54, 1.807) is 0 Å². The molecule has 1 fully saturated rings. The molecule has 0 saturated carbocycles. The predicted molar refractivity (Wildman–Crippen MR) is 124 cm³/mol. The van der Waals surface area contributed by atoms with E-state index < -0.39 is 36.2 Å². The molecule has 1 saturated heterocycles. The first-order valence-electron chi connectivity index (χ1n) is 10.9. The molecule has 1 unspecified atom stereocenters. The predicted octanol–water partition coefficient (Wildman–Crippen LogP) is 2.73. The van der Waals surface area contributed by atoms with Gasteiger partial charge < -0.3 is 14.8 Å². The average molecular weight is 515 g/mol. The van der Waals surface area contributed by atoms with E-state index in [1.807, 2.05) is 11.1 Å². The summed E-state index contributed by atoms with van der Waals surface area (Å²) in [7, 11) is 1.43. The summed E-state index contributed by atoms with van der Waals surface area (Å²) < 4.78 is 56.2. The van der Waals surface area contributed by atoms with Gasteiger partial charge in [0, 0.05) is 44.5 Å². The third kappa shape index (κ3) is 4.42. The fourth-order valence-corrected chi connectivity index (χ4v) is 4.63. The van der Waals surface area contributed by atoms with E-state index in [0.29, 0.717) is 12.1 Å². The lowest BCUT2D eigenvalue weighted by atomic mass is 10.1. The van der Waals surface area contributed by atoms with Crippen molar-refractivity contribution in [1.82, 2.24) is 24.0 Å². The topological polar surface area (TPSA) is 77.1 Å². The molecule has 13 heteroatoms. The van der Waals surface area contributed by atoms with Gasteiger partial charge in [-0.15, -0.1) is 12.4 Å². The van der Waals surface area contributed by atoms with Gasteiger partial charge in [0.15, 0.2) is 11.2 Å². The van der Waals surface area contributed by atoms with Gasteiger partial charge in [0.1, 0.15) is 5.82 Å². The Morgan fingerprint density at radius 3 is 2.54 bits per heavy atom. The van der Waals surface area contributed by atoms with Gasteiger partial charge in [0.25, 0.3) is 5.56 Å². The third-order valence-electron chi connectivity index (χ3n) is 6.37. The molecular formula is C22H23ClF4N6O2. The summed E-state index contributed by atoms with van der Waals surface area (Å²) in [5.74, 6) is -0.0351. The van der Waals surface area contributed by atoms with Crippen molar-refractivity contribution in [1.29, 1.82) is 0 Å². The van der Waals surface area contributed by atoms with Crippen LogP contribution in [0.2, 0.25) is 0 Å². The van der Waals surface area contributed by atoms with Crippen LogP contribution < -0.4 is 21.5 Å². The summed E-state index contributed by atoms with van der Waals surface area (Å²) in [5, 5.41) is 3.14. The minimum Gasteiger partial charge on any atom is -0.389 e. The summed E-state index contributed by atoms with van der Waals surface area (Å²) >= 11 is 0. The molecule has 0 radical (unpaired) electrons. The Morgan fingerprint density at radius 1 is 1.14 bits per heavy atom. The number of anilines is 1. The van der Waals surface area contributed by atoms with E-state index in [4.69, 9.17) is 0 Å². The number of hydrogen-bond donors (Lipinski definition) is 1. The monoisotopic (exact) mass is 514 g/mol. The lowest BCUT2D eigenvalue weighted by Gasteiger charge is -2.20. The number of fused-ring (bicyclic) bond motifs is 2. The van der Waals surface area contributed by atoms with Crippen LogP contribution in [0, 0.1) is 11.7 Å². The molecule has 1 aromatic carbocycles. The molecule has 3 aromatic rings. The molecule has 1 N–H and O–H groups in total. The number of imidazole rings is 1. The van der Waals surface area contributed by atoms with Crippen LogP contribution in [0.4, 0.5) is 23.5 Å². The fourth-order valence-electron chi connectivity index (χ4n) is 4.63. The maximum atomic E-state index is 13.5. The lowest BCUT2D eigenvalue weighted by molar-refractivity contribution is -0.136. The van der Waals surface area contributed by atoms with Crippen molar-refractivity contribution in [2.75, 3.05) is 18.0 Å². The van der Waals surface area contributed by atoms with Crippen LogP contribution in [0.1, 0.15) is 18.4 Å². The number of hydrogen-bond acceptors (Lipinski definition) is 5. The lowest BCUT2D eigenvalue weighted by Crippen LogP contribution is -2.40. The molecule has 2 aromatic heterocycles. The Morgan fingerprint density at radius 2 is 1.86 bits per heavy atom. The van der Waals surface area contributed by atoms with Crippen LogP contribution >= 0.6 is 12.4 Å². The van der Waals surface area contributed by atoms with Gasteiger partial charge >= 0.3 is 11.9 Å². The number of rotatable bonds is 5. The maximum absolute atomic E-state index is 13.5. The molecule has 2 aliphatic heterocycles. The van der Waals surface area contributed by atoms with Crippen LogP contribution in [0.15, 0.2) is 45.8 Å².